The second-order valence-electron chi connectivity index (χ2n) is 7.46. The minimum Gasteiger partial charge on any atom is -0.422 e. The lowest BCUT2D eigenvalue weighted by molar-refractivity contribution is 0.0801. The smallest absolute Gasteiger partial charge is 0.345 e. The molecule has 1 heterocycles. The van der Waals surface area contributed by atoms with Crippen molar-refractivity contribution in [3.05, 3.63) is 99.9 Å². The summed E-state index contributed by atoms with van der Waals surface area (Å²) in [6.07, 6.45) is 7.15. The number of hydrogen-bond donors (Lipinski definition) is 0. The molecule has 0 N–H and O–H groups in total. The van der Waals surface area contributed by atoms with Crippen LogP contribution in [0.2, 0.25) is 0 Å². The van der Waals surface area contributed by atoms with Crippen molar-refractivity contribution < 1.29 is 14.0 Å². The molecule has 0 bridgehead atoms. The van der Waals surface area contributed by atoms with Gasteiger partial charge in [-0.2, -0.15) is 0 Å². The number of hydrogen-bond acceptors (Lipinski definition) is 5. The number of benzene rings is 2. The van der Waals surface area contributed by atoms with Crippen molar-refractivity contribution in [2.24, 2.45) is 16.8 Å². The Balaban J connectivity index is 1.57. The molecule has 2 atom stereocenters. The summed E-state index contributed by atoms with van der Waals surface area (Å²) in [5, 5.41) is 0.802. The molecule has 0 saturated carbocycles. The van der Waals surface area contributed by atoms with Gasteiger partial charge in [0.05, 0.1) is 28.8 Å². The van der Waals surface area contributed by atoms with E-state index in [-0.39, 0.29) is 11.6 Å². The number of allylic oxidation sites excluding steroid dienone is 4. The molecule has 0 radical (unpaired) electrons. The maximum Gasteiger partial charge on any atom is 0.345 e. The zero-order valence-corrected chi connectivity index (χ0v) is 16.2. The average molecular weight is 395 g/mol. The first-order chi connectivity index (χ1) is 14.5. The maximum atomic E-state index is 13.0. The molecule has 30 heavy (non-hydrogen) atoms. The number of Topliss-reactive ketones (excluding diaryl/α,β-unsaturated/α-hetero) is 2. The third kappa shape index (κ3) is 2.87. The monoisotopic (exact) mass is 395 g/mol. The Morgan fingerprint density at radius 1 is 0.867 bits per heavy atom. The average Bonchev–Trinajstić information content (AvgIpc) is 2.77. The highest BCUT2D eigenvalue weighted by Gasteiger charge is 2.39. The van der Waals surface area contributed by atoms with Crippen LogP contribution in [0.4, 0.5) is 5.69 Å². The molecule has 5 rings (SSSR count). The lowest BCUT2D eigenvalue weighted by Gasteiger charge is -2.28. The van der Waals surface area contributed by atoms with Gasteiger partial charge in [0, 0.05) is 16.5 Å². The number of fused-ring (bicyclic) bond motifs is 3. The SMILES string of the molecule is CC(=Nc1ccc2c(c1)C(=O)C1C=CC=CC1C2=O)c1cc2ccccc2oc1=O. The van der Waals surface area contributed by atoms with Gasteiger partial charge in [-0.25, -0.2) is 4.79 Å². The Morgan fingerprint density at radius 2 is 1.57 bits per heavy atom. The second-order valence-corrected chi connectivity index (χ2v) is 7.46. The third-order valence-electron chi connectivity index (χ3n) is 5.60. The molecule has 5 nitrogen and oxygen atoms in total. The number of aliphatic imine (C=N–C) groups is 1. The van der Waals surface area contributed by atoms with Crippen molar-refractivity contribution in [3.8, 4) is 0 Å². The Kier molecular flexibility index (Phi) is 4.17. The van der Waals surface area contributed by atoms with Gasteiger partial charge in [0.2, 0.25) is 0 Å². The molecule has 0 fully saturated rings. The number of ketones is 2. The van der Waals surface area contributed by atoms with Gasteiger partial charge in [0.15, 0.2) is 11.6 Å². The van der Waals surface area contributed by atoms with Crippen LogP contribution in [0.1, 0.15) is 33.2 Å². The molecule has 2 aliphatic rings. The van der Waals surface area contributed by atoms with E-state index in [2.05, 4.69) is 4.99 Å². The van der Waals surface area contributed by atoms with E-state index in [1.54, 1.807) is 67.6 Å². The van der Waals surface area contributed by atoms with Crippen LogP contribution in [0, 0.1) is 11.8 Å². The summed E-state index contributed by atoms with van der Waals surface area (Å²) in [5.41, 5.74) is 2.18. The van der Waals surface area contributed by atoms with Crippen molar-refractivity contribution in [1.82, 2.24) is 0 Å². The lowest BCUT2D eigenvalue weighted by Crippen LogP contribution is -2.35. The lowest BCUT2D eigenvalue weighted by atomic mass is 9.72. The minimum atomic E-state index is -0.471. The Hall–Kier alpha value is -3.86. The predicted octanol–water partition coefficient (Wildman–Crippen LogP) is 4.67. The molecular weight excluding hydrogens is 378 g/mol. The van der Waals surface area contributed by atoms with Crippen molar-refractivity contribution in [3.63, 3.8) is 0 Å². The Bertz CT molecular complexity index is 1370. The van der Waals surface area contributed by atoms with Gasteiger partial charge in [0.1, 0.15) is 5.58 Å². The van der Waals surface area contributed by atoms with Crippen molar-refractivity contribution in [2.75, 3.05) is 0 Å². The summed E-state index contributed by atoms with van der Waals surface area (Å²) in [4.78, 5) is 42.7. The number of rotatable bonds is 2. The molecule has 1 aromatic heterocycles. The van der Waals surface area contributed by atoms with E-state index in [0.29, 0.717) is 33.7 Å². The predicted molar refractivity (Wildman–Crippen MR) is 115 cm³/mol. The standard InChI is InChI=1S/C25H17NO4/c1-14(20-12-15-6-2-5-9-22(15)30-25(20)29)26-16-10-11-19-21(13-16)24(28)18-8-4-3-7-17(18)23(19)27/h2-13,17-18H,1H3. The van der Waals surface area contributed by atoms with E-state index >= 15 is 0 Å². The largest absolute Gasteiger partial charge is 0.422 e. The van der Waals surface area contributed by atoms with Gasteiger partial charge < -0.3 is 4.42 Å². The highest BCUT2D eigenvalue weighted by Crippen LogP contribution is 2.35. The summed E-state index contributed by atoms with van der Waals surface area (Å²) in [5.74, 6) is -1.05. The molecule has 2 unspecified atom stereocenters. The minimum absolute atomic E-state index is 0.0578. The van der Waals surface area contributed by atoms with E-state index in [9.17, 15) is 14.4 Å². The van der Waals surface area contributed by atoms with Gasteiger partial charge >= 0.3 is 5.63 Å². The van der Waals surface area contributed by atoms with Crippen LogP contribution >= 0.6 is 0 Å². The van der Waals surface area contributed by atoms with Crippen LogP contribution < -0.4 is 5.63 Å². The highest BCUT2D eigenvalue weighted by atomic mass is 16.4. The second kappa shape index (κ2) is 6.88. The summed E-state index contributed by atoms with van der Waals surface area (Å²) in [7, 11) is 0. The fourth-order valence-corrected chi connectivity index (χ4v) is 4.06. The molecule has 0 amide bonds. The Labute approximate surface area is 172 Å². The van der Waals surface area contributed by atoms with E-state index in [1.165, 1.54) is 0 Å². The molecule has 2 aromatic carbocycles. The first-order valence-corrected chi connectivity index (χ1v) is 9.69. The third-order valence-corrected chi connectivity index (χ3v) is 5.60. The maximum absolute atomic E-state index is 13.0. The van der Waals surface area contributed by atoms with Crippen LogP contribution in [0.25, 0.3) is 11.0 Å². The topological polar surface area (TPSA) is 76.7 Å². The zero-order chi connectivity index (χ0) is 20.8. The molecule has 0 spiro atoms. The van der Waals surface area contributed by atoms with Crippen molar-refractivity contribution in [2.45, 2.75) is 6.92 Å². The van der Waals surface area contributed by atoms with Crippen LogP contribution in [0.5, 0.6) is 0 Å². The first kappa shape index (κ1) is 18.2. The number of nitrogens with zero attached hydrogens (tertiary/aromatic N) is 1. The molecular formula is C25H17NO4. The van der Waals surface area contributed by atoms with Gasteiger partial charge in [-0.3, -0.25) is 14.6 Å². The van der Waals surface area contributed by atoms with Crippen LogP contribution in [-0.4, -0.2) is 17.3 Å². The van der Waals surface area contributed by atoms with Gasteiger partial charge in [0.25, 0.3) is 0 Å². The molecule has 3 aromatic rings. The van der Waals surface area contributed by atoms with Gasteiger partial charge in [-0.05, 0) is 37.3 Å². The summed E-state index contributed by atoms with van der Waals surface area (Å²) in [6, 6.07) is 14.0. The normalized spacial score (nSPS) is 20.4. The summed E-state index contributed by atoms with van der Waals surface area (Å²) < 4.78 is 5.38. The van der Waals surface area contributed by atoms with Gasteiger partial charge in [-0.1, -0.05) is 42.5 Å². The van der Waals surface area contributed by atoms with Crippen LogP contribution in [0.15, 0.2) is 87.0 Å². The van der Waals surface area contributed by atoms with E-state index in [0.717, 1.165) is 5.39 Å². The highest BCUT2D eigenvalue weighted by molar-refractivity contribution is 6.18. The molecule has 0 saturated heterocycles. The summed E-state index contributed by atoms with van der Waals surface area (Å²) in [6.45, 7) is 1.72. The fraction of sp³-hybridized carbons (Fsp3) is 0.120. The van der Waals surface area contributed by atoms with Crippen LogP contribution in [-0.2, 0) is 0 Å². The molecule has 0 aliphatic heterocycles. The first-order valence-electron chi connectivity index (χ1n) is 9.69. The molecule has 146 valence electrons. The summed E-state index contributed by atoms with van der Waals surface area (Å²) >= 11 is 0. The Morgan fingerprint density at radius 3 is 2.33 bits per heavy atom. The number of carbonyl (C=O) groups excluding carboxylic acids is 2. The number of carbonyl (C=O) groups is 2. The van der Waals surface area contributed by atoms with E-state index in [4.69, 9.17) is 4.42 Å². The zero-order valence-electron chi connectivity index (χ0n) is 16.2. The fourth-order valence-electron chi connectivity index (χ4n) is 4.06. The molecule has 5 heteroatoms. The van der Waals surface area contributed by atoms with E-state index < -0.39 is 17.5 Å². The quantitative estimate of drug-likeness (QED) is 0.467. The van der Waals surface area contributed by atoms with Crippen molar-refractivity contribution >= 4 is 33.9 Å². The molecule has 2 aliphatic carbocycles. The van der Waals surface area contributed by atoms with Crippen molar-refractivity contribution in [1.29, 1.82) is 0 Å². The van der Waals surface area contributed by atoms with Crippen LogP contribution in [0.3, 0.4) is 0 Å². The number of para-hydroxylation sites is 1. The van der Waals surface area contributed by atoms with Gasteiger partial charge in [-0.15, -0.1) is 0 Å². The van der Waals surface area contributed by atoms with E-state index in [1.807, 2.05) is 12.1 Å².